The van der Waals surface area contributed by atoms with Crippen LogP contribution >= 0.6 is 0 Å². The number of ether oxygens (including phenoxy) is 1. The average Bonchev–Trinajstić information content (AvgIpc) is 2.36. The molecule has 1 rings (SSSR count). The maximum Gasteiger partial charge on any atom is 0.409 e. The minimum absolute atomic E-state index is 0.0334. The number of aliphatic carboxylic acids is 1. The summed E-state index contributed by atoms with van der Waals surface area (Å²) in [6.07, 6.45) is 1.70. The third-order valence-corrected chi connectivity index (χ3v) is 3.03. The number of piperidine rings is 1. The Kier molecular flexibility index (Phi) is 6.62. The number of carbonyl (C=O) groups excluding carboxylic acids is 1. The van der Waals surface area contributed by atoms with Crippen LogP contribution < -0.4 is 5.32 Å². The van der Waals surface area contributed by atoms with Crippen molar-refractivity contribution in [1.29, 1.82) is 0 Å². The van der Waals surface area contributed by atoms with Crippen LogP contribution in [-0.4, -0.2) is 54.9 Å². The first-order valence-electron chi connectivity index (χ1n) is 6.83. The van der Waals surface area contributed by atoms with Crippen LogP contribution in [0.3, 0.4) is 0 Å². The van der Waals surface area contributed by atoms with E-state index in [1.54, 1.807) is 4.90 Å². The number of nitrogens with zero attached hydrogens (tertiary/aromatic N) is 1. The number of carboxylic acid groups (broad SMARTS) is 1. The highest BCUT2D eigenvalue weighted by Gasteiger charge is 2.24. The molecule has 0 aromatic carbocycles. The average molecular weight is 272 g/mol. The van der Waals surface area contributed by atoms with Gasteiger partial charge in [-0.2, -0.15) is 0 Å². The van der Waals surface area contributed by atoms with Crippen molar-refractivity contribution in [3.05, 3.63) is 0 Å². The fourth-order valence-electron chi connectivity index (χ4n) is 2.11. The SMILES string of the molecule is CC(C)COC(=O)N1CCCC(CNCC(=O)O)C1. The summed E-state index contributed by atoms with van der Waals surface area (Å²) in [5.41, 5.74) is 0. The minimum atomic E-state index is -0.857. The first kappa shape index (κ1) is 15.8. The van der Waals surface area contributed by atoms with Crippen molar-refractivity contribution >= 4 is 12.1 Å². The fourth-order valence-corrected chi connectivity index (χ4v) is 2.11. The number of nitrogens with one attached hydrogen (secondary N) is 1. The molecule has 19 heavy (non-hydrogen) atoms. The molecule has 1 amide bonds. The molecule has 1 atom stereocenters. The van der Waals surface area contributed by atoms with Gasteiger partial charge in [0.15, 0.2) is 0 Å². The molecule has 6 heteroatoms. The molecular weight excluding hydrogens is 248 g/mol. The maximum absolute atomic E-state index is 11.8. The second-order valence-electron chi connectivity index (χ2n) is 5.45. The van der Waals surface area contributed by atoms with Crippen molar-refractivity contribution in [2.24, 2.45) is 11.8 Å². The lowest BCUT2D eigenvalue weighted by atomic mass is 9.98. The molecule has 0 aromatic heterocycles. The van der Waals surface area contributed by atoms with E-state index in [1.807, 2.05) is 13.8 Å². The molecule has 1 aliphatic heterocycles. The van der Waals surface area contributed by atoms with Crippen LogP contribution in [-0.2, 0) is 9.53 Å². The van der Waals surface area contributed by atoms with Crippen LogP contribution in [0.15, 0.2) is 0 Å². The van der Waals surface area contributed by atoms with E-state index < -0.39 is 5.97 Å². The van der Waals surface area contributed by atoms with Crippen molar-refractivity contribution < 1.29 is 19.4 Å². The van der Waals surface area contributed by atoms with E-state index in [2.05, 4.69) is 5.32 Å². The molecule has 1 saturated heterocycles. The van der Waals surface area contributed by atoms with E-state index in [0.29, 0.717) is 31.5 Å². The zero-order valence-corrected chi connectivity index (χ0v) is 11.7. The van der Waals surface area contributed by atoms with Crippen LogP contribution in [0.25, 0.3) is 0 Å². The van der Waals surface area contributed by atoms with Crippen LogP contribution in [0.1, 0.15) is 26.7 Å². The summed E-state index contributed by atoms with van der Waals surface area (Å²) in [5, 5.41) is 11.4. The smallest absolute Gasteiger partial charge is 0.409 e. The van der Waals surface area contributed by atoms with Crippen molar-refractivity contribution in [1.82, 2.24) is 10.2 Å². The largest absolute Gasteiger partial charge is 0.480 e. The van der Waals surface area contributed by atoms with Gasteiger partial charge in [0, 0.05) is 19.6 Å². The van der Waals surface area contributed by atoms with Gasteiger partial charge in [0.1, 0.15) is 0 Å². The van der Waals surface area contributed by atoms with E-state index in [1.165, 1.54) is 0 Å². The molecule has 1 fully saturated rings. The summed E-state index contributed by atoms with van der Waals surface area (Å²) in [6.45, 7) is 6.41. The molecule has 0 radical (unpaired) electrons. The molecule has 0 spiro atoms. The van der Waals surface area contributed by atoms with E-state index in [0.717, 1.165) is 19.4 Å². The zero-order valence-electron chi connectivity index (χ0n) is 11.7. The number of hydrogen-bond acceptors (Lipinski definition) is 4. The third kappa shape index (κ3) is 6.42. The molecule has 1 unspecified atom stereocenters. The molecule has 0 bridgehead atoms. The molecular formula is C13H24N2O4. The molecule has 110 valence electrons. The summed E-state index contributed by atoms with van der Waals surface area (Å²) in [4.78, 5) is 24.0. The van der Waals surface area contributed by atoms with Gasteiger partial charge in [0.05, 0.1) is 13.2 Å². The first-order valence-corrected chi connectivity index (χ1v) is 6.83. The van der Waals surface area contributed by atoms with Gasteiger partial charge < -0.3 is 20.1 Å². The Hall–Kier alpha value is -1.30. The van der Waals surface area contributed by atoms with E-state index >= 15 is 0 Å². The van der Waals surface area contributed by atoms with Crippen molar-refractivity contribution in [2.75, 3.05) is 32.8 Å². The predicted octanol–water partition coefficient (Wildman–Crippen LogP) is 1.17. The summed E-state index contributed by atoms with van der Waals surface area (Å²) < 4.78 is 5.21. The Morgan fingerprint density at radius 3 is 2.84 bits per heavy atom. The molecule has 2 N–H and O–H groups in total. The lowest BCUT2D eigenvalue weighted by Gasteiger charge is -2.32. The highest BCUT2D eigenvalue weighted by atomic mass is 16.6. The van der Waals surface area contributed by atoms with Gasteiger partial charge >= 0.3 is 12.1 Å². The second-order valence-corrected chi connectivity index (χ2v) is 5.45. The predicted molar refractivity (Wildman–Crippen MR) is 71.0 cm³/mol. The zero-order chi connectivity index (χ0) is 14.3. The van der Waals surface area contributed by atoms with E-state index in [9.17, 15) is 9.59 Å². The maximum atomic E-state index is 11.8. The number of hydrogen-bond donors (Lipinski definition) is 2. The second kappa shape index (κ2) is 7.99. The fraction of sp³-hybridized carbons (Fsp3) is 0.846. The van der Waals surface area contributed by atoms with Crippen molar-refractivity contribution in [3.8, 4) is 0 Å². The van der Waals surface area contributed by atoms with Gasteiger partial charge in [-0.25, -0.2) is 4.79 Å². The Balaban J connectivity index is 2.28. The van der Waals surface area contributed by atoms with Crippen LogP contribution in [0.2, 0.25) is 0 Å². The number of carboxylic acids is 1. The molecule has 0 aromatic rings. The molecule has 1 heterocycles. The number of amides is 1. The lowest BCUT2D eigenvalue weighted by Crippen LogP contribution is -2.43. The highest BCUT2D eigenvalue weighted by Crippen LogP contribution is 2.16. The highest BCUT2D eigenvalue weighted by molar-refractivity contribution is 5.69. The number of likely N-dealkylation sites (tertiary alicyclic amines) is 1. The summed E-state index contributed by atoms with van der Waals surface area (Å²) in [6, 6.07) is 0. The van der Waals surface area contributed by atoms with Gasteiger partial charge in [-0.05, 0) is 24.7 Å². The quantitative estimate of drug-likeness (QED) is 0.758. The van der Waals surface area contributed by atoms with Gasteiger partial charge in [0.25, 0.3) is 0 Å². The summed E-state index contributed by atoms with van der Waals surface area (Å²) in [5.74, 6) is -0.217. The van der Waals surface area contributed by atoms with Gasteiger partial charge in [-0.15, -0.1) is 0 Å². The topological polar surface area (TPSA) is 78.9 Å². The summed E-state index contributed by atoms with van der Waals surface area (Å²) in [7, 11) is 0. The summed E-state index contributed by atoms with van der Waals surface area (Å²) >= 11 is 0. The van der Waals surface area contributed by atoms with Crippen LogP contribution in [0.5, 0.6) is 0 Å². The number of rotatable bonds is 6. The van der Waals surface area contributed by atoms with E-state index in [-0.39, 0.29) is 12.6 Å². The Labute approximate surface area is 114 Å². The van der Waals surface area contributed by atoms with Crippen molar-refractivity contribution in [2.45, 2.75) is 26.7 Å². The van der Waals surface area contributed by atoms with Crippen molar-refractivity contribution in [3.63, 3.8) is 0 Å². The standard InChI is InChI=1S/C13H24N2O4/c1-10(2)9-19-13(18)15-5-3-4-11(8-15)6-14-7-12(16)17/h10-11,14H,3-9H2,1-2H3,(H,16,17). The molecule has 1 aliphatic rings. The van der Waals surface area contributed by atoms with Gasteiger partial charge in [-0.1, -0.05) is 13.8 Å². The Morgan fingerprint density at radius 1 is 1.47 bits per heavy atom. The minimum Gasteiger partial charge on any atom is -0.480 e. The van der Waals surface area contributed by atoms with Crippen LogP contribution in [0, 0.1) is 11.8 Å². The van der Waals surface area contributed by atoms with Crippen LogP contribution in [0.4, 0.5) is 4.79 Å². The van der Waals surface area contributed by atoms with Gasteiger partial charge in [0.2, 0.25) is 0 Å². The number of carbonyl (C=O) groups is 2. The molecule has 0 saturated carbocycles. The molecule has 0 aliphatic carbocycles. The first-order chi connectivity index (χ1) is 8.99. The Bertz CT molecular complexity index is 307. The lowest BCUT2D eigenvalue weighted by molar-refractivity contribution is -0.136. The monoisotopic (exact) mass is 272 g/mol. The van der Waals surface area contributed by atoms with Gasteiger partial charge in [-0.3, -0.25) is 4.79 Å². The molecule has 6 nitrogen and oxygen atoms in total. The normalized spacial score (nSPS) is 19.5. The third-order valence-electron chi connectivity index (χ3n) is 3.03. The van der Waals surface area contributed by atoms with E-state index in [4.69, 9.17) is 9.84 Å². The Morgan fingerprint density at radius 2 is 2.21 bits per heavy atom.